The molecule has 0 N–H and O–H groups in total. The van der Waals surface area contributed by atoms with Crippen LogP contribution in [0.25, 0.3) is 0 Å². The highest BCUT2D eigenvalue weighted by Gasteiger charge is 2.45. The van der Waals surface area contributed by atoms with Crippen LogP contribution in [0.4, 0.5) is 5.69 Å². The van der Waals surface area contributed by atoms with Crippen LogP contribution in [0.2, 0.25) is 0 Å². The van der Waals surface area contributed by atoms with Gasteiger partial charge in [-0.2, -0.15) is 0 Å². The molecule has 4 heteroatoms. The van der Waals surface area contributed by atoms with Crippen LogP contribution in [0.15, 0.2) is 53.5 Å². The first kappa shape index (κ1) is 16.8. The van der Waals surface area contributed by atoms with Gasteiger partial charge in [-0.05, 0) is 37.0 Å². The van der Waals surface area contributed by atoms with Crippen LogP contribution in [0.5, 0.6) is 11.5 Å². The second kappa shape index (κ2) is 6.94. The third kappa shape index (κ3) is 3.50. The topological polar surface area (TPSA) is 47.9 Å². The van der Waals surface area contributed by atoms with Gasteiger partial charge in [-0.25, -0.2) is 0 Å². The highest BCUT2D eigenvalue weighted by Crippen LogP contribution is 2.48. The second-order valence-electron chi connectivity index (χ2n) is 7.16. The van der Waals surface area contributed by atoms with Gasteiger partial charge >= 0.3 is 0 Å². The maximum absolute atomic E-state index is 11.4. The summed E-state index contributed by atoms with van der Waals surface area (Å²) in [4.78, 5) is 16.1. The van der Waals surface area contributed by atoms with E-state index < -0.39 is 0 Å². The van der Waals surface area contributed by atoms with Crippen LogP contribution in [-0.4, -0.2) is 25.2 Å². The lowest BCUT2D eigenvalue weighted by atomic mass is 9.97. The average molecular weight is 349 g/mol. The first-order valence-electron chi connectivity index (χ1n) is 9.13. The Morgan fingerprint density at radius 1 is 1.04 bits per heavy atom. The zero-order valence-electron chi connectivity index (χ0n) is 15.0. The van der Waals surface area contributed by atoms with Gasteiger partial charge in [-0.1, -0.05) is 30.3 Å². The van der Waals surface area contributed by atoms with Crippen LogP contribution in [0.1, 0.15) is 37.7 Å². The molecule has 0 amide bonds. The number of benzene rings is 2. The first-order valence-corrected chi connectivity index (χ1v) is 9.13. The van der Waals surface area contributed by atoms with E-state index in [1.54, 1.807) is 7.11 Å². The summed E-state index contributed by atoms with van der Waals surface area (Å²) in [5.74, 6) is 1.69. The molecular formula is C22H23NO3. The van der Waals surface area contributed by atoms with Crippen LogP contribution in [-0.2, 0) is 10.2 Å². The van der Waals surface area contributed by atoms with Crippen molar-refractivity contribution < 1.29 is 14.3 Å². The Hall–Kier alpha value is -2.62. The number of ketones is 1. The number of ether oxygens (including phenoxy) is 2. The fourth-order valence-electron chi connectivity index (χ4n) is 3.49. The summed E-state index contributed by atoms with van der Waals surface area (Å²) in [5, 5.41) is 0. The Morgan fingerprint density at radius 2 is 1.85 bits per heavy atom. The van der Waals surface area contributed by atoms with Crippen LogP contribution in [0.3, 0.4) is 0 Å². The van der Waals surface area contributed by atoms with Crippen molar-refractivity contribution in [3.8, 4) is 11.5 Å². The Balaban J connectivity index is 1.52. The SMILES string of the molecule is COc1ccc(N=C2CCC(=O)C2)cc1OCC1(c2ccccc2)CC1. The summed E-state index contributed by atoms with van der Waals surface area (Å²) in [6, 6.07) is 16.3. The molecule has 134 valence electrons. The Bertz CT molecular complexity index is 838. The number of Topliss-reactive ketones (excluding diaryl/α,β-unsaturated/α-hetero) is 1. The number of hydrogen-bond donors (Lipinski definition) is 0. The molecule has 0 atom stereocenters. The highest BCUT2D eigenvalue weighted by atomic mass is 16.5. The zero-order chi connectivity index (χ0) is 18.0. The van der Waals surface area contributed by atoms with Crippen molar-refractivity contribution in [1.82, 2.24) is 0 Å². The molecule has 2 aliphatic carbocycles. The minimum absolute atomic E-state index is 0.117. The van der Waals surface area contributed by atoms with E-state index in [9.17, 15) is 4.79 Å². The molecule has 0 bridgehead atoms. The fourth-order valence-corrected chi connectivity index (χ4v) is 3.49. The van der Waals surface area contributed by atoms with Crippen LogP contribution >= 0.6 is 0 Å². The largest absolute Gasteiger partial charge is 0.493 e. The molecule has 2 aromatic carbocycles. The van der Waals surface area contributed by atoms with Crippen molar-refractivity contribution in [3.05, 3.63) is 54.1 Å². The normalized spacial score (nSPS) is 19.6. The molecule has 2 saturated carbocycles. The fraction of sp³-hybridized carbons (Fsp3) is 0.364. The predicted octanol–water partition coefficient (Wildman–Crippen LogP) is 4.63. The number of nitrogens with zero attached hydrogens (tertiary/aromatic N) is 1. The number of methoxy groups -OCH3 is 1. The van der Waals surface area contributed by atoms with Crippen molar-refractivity contribution >= 4 is 17.2 Å². The van der Waals surface area contributed by atoms with E-state index in [1.807, 2.05) is 24.3 Å². The van der Waals surface area contributed by atoms with E-state index in [0.29, 0.717) is 30.9 Å². The van der Waals surface area contributed by atoms with Crippen molar-refractivity contribution in [2.75, 3.05) is 13.7 Å². The van der Waals surface area contributed by atoms with E-state index >= 15 is 0 Å². The summed E-state index contributed by atoms with van der Waals surface area (Å²) in [6.07, 6.45) is 4.13. The number of aliphatic imine (C=N–C) groups is 1. The monoisotopic (exact) mass is 349 g/mol. The molecule has 4 rings (SSSR count). The van der Waals surface area contributed by atoms with Crippen molar-refractivity contribution in [1.29, 1.82) is 0 Å². The number of rotatable bonds is 6. The maximum Gasteiger partial charge on any atom is 0.163 e. The molecule has 2 aliphatic rings. The van der Waals surface area contributed by atoms with E-state index in [-0.39, 0.29) is 11.2 Å². The summed E-state index contributed by atoms with van der Waals surface area (Å²) < 4.78 is 11.6. The standard InChI is InChI=1S/C22H23NO3/c1-25-20-10-8-18(23-17-7-9-19(24)13-17)14-21(20)26-15-22(11-12-22)16-5-3-2-4-6-16/h2-6,8,10,14H,7,9,11-13,15H2,1H3. The third-order valence-electron chi connectivity index (χ3n) is 5.27. The predicted molar refractivity (Wildman–Crippen MR) is 102 cm³/mol. The van der Waals surface area contributed by atoms with Gasteiger partial charge in [-0.3, -0.25) is 9.79 Å². The third-order valence-corrected chi connectivity index (χ3v) is 5.27. The number of carbonyl (C=O) groups excluding carboxylic acids is 1. The summed E-state index contributed by atoms with van der Waals surface area (Å²) in [5.41, 5.74) is 3.22. The average Bonchev–Trinajstić information content (AvgIpc) is 3.36. The van der Waals surface area contributed by atoms with Gasteiger partial charge < -0.3 is 9.47 Å². The maximum atomic E-state index is 11.4. The smallest absolute Gasteiger partial charge is 0.163 e. The molecule has 0 aliphatic heterocycles. The molecule has 26 heavy (non-hydrogen) atoms. The molecule has 2 fully saturated rings. The lowest BCUT2D eigenvalue weighted by molar-refractivity contribution is -0.116. The molecule has 0 unspecified atom stereocenters. The van der Waals surface area contributed by atoms with E-state index in [2.05, 4.69) is 29.3 Å². The van der Waals surface area contributed by atoms with Gasteiger partial charge in [0.15, 0.2) is 11.5 Å². The molecule has 2 aromatic rings. The van der Waals surface area contributed by atoms with Crippen molar-refractivity contribution in [3.63, 3.8) is 0 Å². The summed E-state index contributed by atoms with van der Waals surface area (Å²) in [7, 11) is 1.65. The summed E-state index contributed by atoms with van der Waals surface area (Å²) >= 11 is 0. The second-order valence-corrected chi connectivity index (χ2v) is 7.16. The minimum atomic E-state index is 0.117. The Kier molecular flexibility index (Phi) is 4.49. The van der Waals surface area contributed by atoms with Crippen LogP contribution in [0, 0.1) is 0 Å². The van der Waals surface area contributed by atoms with Crippen molar-refractivity contribution in [2.45, 2.75) is 37.5 Å². The number of carbonyl (C=O) groups is 1. The molecule has 0 radical (unpaired) electrons. The van der Waals surface area contributed by atoms with Crippen molar-refractivity contribution in [2.24, 2.45) is 4.99 Å². The minimum Gasteiger partial charge on any atom is -0.493 e. The molecule has 4 nitrogen and oxygen atoms in total. The lowest BCUT2D eigenvalue weighted by Crippen LogP contribution is -2.17. The molecule has 0 heterocycles. The molecule has 0 spiro atoms. The quantitative estimate of drug-likeness (QED) is 0.764. The van der Waals surface area contributed by atoms with Gasteiger partial charge in [0.25, 0.3) is 0 Å². The Morgan fingerprint density at radius 3 is 2.50 bits per heavy atom. The van der Waals surface area contributed by atoms with Gasteiger partial charge in [0.2, 0.25) is 0 Å². The van der Waals surface area contributed by atoms with E-state index in [1.165, 1.54) is 5.56 Å². The molecule has 0 saturated heterocycles. The van der Waals surface area contributed by atoms with Gasteiger partial charge in [0.05, 0.1) is 19.4 Å². The zero-order valence-corrected chi connectivity index (χ0v) is 15.0. The first-order chi connectivity index (χ1) is 12.7. The molecular weight excluding hydrogens is 326 g/mol. The lowest BCUT2D eigenvalue weighted by Gasteiger charge is -2.18. The van der Waals surface area contributed by atoms with Gasteiger partial charge in [-0.15, -0.1) is 0 Å². The van der Waals surface area contributed by atoms with Gasteiger partial charge in [0.1, 0.15) is 5.78 Å². The van der Waals surface area contributed by atoms with Gasteiger partial charge in [0, 0.05) is 30.0 Å². The van der Waals surface area contributed by atoms with E-state index in [4.69, 9.17) is 9.47 Å². The molecule has 0 aromatic heterocycles. The number of hydrogen-bond acceptors (Lipinski definition) is 4. The highest BCUT2D eigenvalue weighted by molar-refractivity contribution is 6.09. The van der Waals surface area contributed by atoms with Crippen LogP contribution < -0.4 is 9.47 Å². The summed E-state index contributed by atoms with van der Waals surface area (Å²) in [6.45, 7) is 0.631. The van der Waals surface area contributed by atoms with E-state index in [0.717, 1.165) is 30.7 Å². The Labute approximate surface area is 153 Å².